The number of aromatic nitrogens is 1. The number of aryl methyl sites for hydroxylation is 1. The highest BCUT2D eigenvalue weighted by Gasteiger charge is 2.39. The lowest BCUT2D eigenvalue weighted by atomic mass is 9.83. The van der Waals surface area contributed by atoms with E-state index in [1.807, 2.05) is 32.3 Å². The Labute approximate surface area is 230 Å². The molecule has 1 aromatic heterocycles. The van der Waals surface area contributed by atoms with Crippen LogP contribution in [0.4, 0.5) is 10.1 Å². The molecule has 0 amide bonds. The number of hydrogen-bond donors (Lipinski definition) is 0. The van der Waals surface area contributed by atoms with Crippen LogP contribution in [0.15, 0.2) is 41.6 Å². The smallest absolute Gasteiger partial charge is 0.306 e. The molecule has 3 aliphatic rings. The first-order valence-electron chi connectivity index (χ1n) is 14.2. The van der Waals surface area contributed by atoms with Crippen LogP contribution in [0.3, 0.4) is 0 Å². The maximum atomic E-state index is 14.9. The van der Waals surface area contributed by atoms with Crippen LogP contribution in [-0.2, 0) is 16.0 Å². The van der Waals surface area contributed by atoms with Crippen LogP contribution in [-0.4, -0.2) is 35.6 Å². The first-order valence-corrected chi connectivity index (χ1v) is 14.2. The summed E-state index contributed by atoms with van der Waals surface area (Å²) in [4.78, 5) is 29.4. The quantitative estimate of drug-likeness (QED) is 0.198. The number of ketones is 1. The Kier molecular flexibility index (Phi) is 7.96. The average molecular weight is 532 g/mol. The highest BCUT2D eigenvalue weighted by atomic mass is 19.1. The number of nitrogens with zero attached hydrogens (tertiary/aromatic N) is 3. The molecule has 1 aromatic carbocycles. The van der Waals surface area contributed by atoms with Crippen LogP contribution < -0.4 is 5.01 Å². The van der Waals surface area contributed by atoms with Gasteiger partial charge >= 0.3 is 5.97 Å². The molecule has 2 aromatic rings. The van der Waals surface area contributed by atoms with Crippen molar-refractivity contribution in [1.82, 2.24) is 4.98 Å². The maximum absolute atomic E-state index is 14.9. The van der Waals surface area contributed by atoms with E-state index in [1.54, 1.807) is 12.1 Å². The summed E-state index contributed by atoms with van der Waals surface area (Å²) in [6.45, 7) is 6.54. The zero-order chi connectivity index (χ0) is 27.6. The predicted octanol–water partition coefficient (Wildman–Crippen LogP) is 6.99. The molecular weight excluding hydrogens is 493 g/mol. The molecule has 1 aliphatic heterocycles. The average Bonchev–Trinajstić information content (AvgIpc) is 3.68. The second kappa shape index (κ2) is 11.4. The summed E-state index contributed by atoms with van der Waals surface area (Å²) in [6.07, 6.45) is 15.0. The van der Waals surface area contributed by atoms with Crippen LogP contribution in [0, 0.1) is 24.1 Å². The van der Waals surface area contributed by atoms with Crippen molar-refractivity contribution in [3.8, 4) is 11.3 Å². The second-order valence-electron chi connectivity index (χ2n) is 11.7. The number of anilines is 1. The fourth-order valence-electron chi connectivity index (χ4n) is 5.55. The third-order valence-electron chi connectivity index (χ3n) is 8.39. The minimum absolute atomic E-state index is 0.0637. The number of halogens is 1. The third-order valence-corrected chi connectivity index (χ3v) is 8.39. The van der Waals surface area contributed by atoms with Gasteiger partial charge in [-0.1, -0.05) is 19.9 Å². The minimum atomic E-state index is -0.536. The summed E-state index contributed by atoms with van der Waals surface area (Å²) in [7, 11) is 0. The molecule has 0 spiro atoms. The van der Waals surface area contributed by atoms with Gasteiger partial charge in [0.05, 0.1) is 35.8 Å². The van der Waals surface area contributed by atoms with Crippen molar-refractivity contribution < 1.29 is 18.7 Å². The fraction of sp³-hybridized carbons (Fsp3) is 0.500. The molecule has 2 aliphatic carbocycles. The molecule has 0 bridgehead atoms. The molecule has 5 rings (SSSR count). The van der Waals surface area contributed by atoms with Crippen molar-refractivity contribution in [3.05, 3.63) is 59.1 Å². The van der Waals surface area contributed by atoms with Gasteiger partial charge in [-0.2, -0.15) is 5.10 Å². The van der Waals surface area contributed by atoms with Crippen LogP contribution in [0.2, 0.25) is 0 Å². The summed E-state index contributed by atoms with van der Waals surface area (Å²) in [5.41, 5.74) is 4.56. The number of carbonyl (C=O) groups is 2. The number of rotatable bonds is 9. The van der Waals surface area contributed by atoms with Crippen LogP contribution in [0.25, 0.3) is 11.3 Å². The lowest BCUT2D eigenvalue weighted by Crippen LogP contribution is -2.37. The van der Waals surface area contributed by atoms with Gasteiger partial charge in [0.15, 0.2) is 5.78 Å². The summed E-state index contributed by atoms with van der Waals surface area (Å²) < 4.78 is 20.4. The molecule has 0 unspecified atom stereocenters. The largest absolute Gasteiger partial charge is 0.465 e. The van der Waals surface area contributed by atoms with Gasteiger partial charge < -0.3 is 4.74 Å². The molecule has 0 radical (unpaired) electrons. The number of ether oxygens (including phenoxy) is 1. The van der Waals surface area contributed by atoms with Crippen molar-refractivity contribution in [3.63, 3.8) is 0 Å². The molecule has 6 nitrogen and oxygen atoms in total. The Balaban J connectivity index is 1.24. The van der Waals surface area contributed by atoms with E-state index in [0.717, 1.165) is 61.8 Å². The molecule has 2 saturated carbocycles. The van der Waals surface area contributed by atoms with Crippen molar-refractivity contribution in [1.29, 1.82) is 0 Å². The summed E-state index contributed by atoms with van der Waals surface area (Å²) >= 11 is 0. The van der Waals surface area contributed by atoms with Gasteiger partial charge in [0.1, 0.15) is 5.82 Å². The number of esters is 1. The van der Waals surface area contributed by atoms with Crippen molar-refractivity contribution >= 4 is 23.7 Å². The van der Waals surface area contributed by atoms with Gasteiger partial charge in [-0.05, 0) is 93.2 Å². The van der Waals surface area contributed by atoms with E-state index < -0.39 is 5.82 Å². The Bertz CT molecular complexity index is 1310. The summed E-state index contributed by atoms with van der Waals surface area (Å²) in [6, 6.07) is 5.30. The first-order chi connectivity index (χ1) is 18.8. The second-order valence-corrected chi connectivity index (χ2v) is 11.7. The molecule has 0 N–H and O–H groups in total. The third kappa shape index (κ3) is 6.29. The van der Waals surface area contributed by atoms with Gasteiger partial charge in [0.2, 0.25) is 0 Å². The first kappa shape index (κ1) is 27.2. The SMILES string of the molecule is CC/C=C/C(=O)c1cc(C)c(-c2cc3c(cn2)N(C2CCC(CC(=O)OCC4(C)CC4)CC2)N=CC3)cc1F. The molecule has 0 atom stereocenters. The van der Waals surface area contributed by atoms with E-state index in [4.69, 9.17) is 14.8 Å². The molecule has 39 heavy (non-hydrogen) atoms. The predicted molar refractivity (Wildman–Crippen MR) is 151 cm³/mol. The summed E-state index contributed by atoms with van der Waals surface area (Å²) in [5.74, 6) is -0.564. The van der Waals surface area contributed by atoms with E-state index in [9.17, 15) is 14.0 Å². The van der Waals surface area contributed by atoms with Gasteiger partial charge in [0, 0.05) is 30.0 Å². The van der Waals surface area contributed by atoms with Gasteiger partial charge in [-0.15, -0.1) is 0 Å². The lowest BCUT2D eigenvalue weighted by Gasteiger charge is -2.37. The Morgan fingerprint density at radius 3 is 2.67 bits per heavy atom. The Hall–Kier alpha value is -3.35. The van der Waals surface area contributed by atoms with Gasteiger partial charge in [-0.3, -0.25) is 19.6 Å². The van der Waals surface area contributed by atoms with Crippen molar-refractivity contribution in [2.45, 2.75) is 84.6 Å². The number of hydrogen-bond acceptors (Lipinski definition) is 6. The zero-order valence-electron chi connectivity index (χ0n) is 23.2. The van der Waals surface area contributed by atoms with Crippen LogP contribution >= 0.6 is 0 Å². The van der Waals surface area contributed by atoms with E-state index >= 15 is 0 Å². The zero-order valence-corrected chi connectivity index (χ0v) is 23.2. The summed E-state index contributed by atoms with van der Waals surface area (Å²) in [5, 5.41) is 6.78. The van der Waals surface area contributed by atoms with Crippen molar-refractivity contribution in [2.75, 3.05) is 11.6 Å². The fourth-order valence-corrected chi connectivity index (χ4v) is 5.55. The number of pyridine rings is 1. The topological polar surface area (TPSA) is 71.9 Å². The highest BCUT2D eigenvalue weighted by Crippen LogP contribution is 2.45. The standard InChI is InChI=1S/C32H38FN3O3/c1-4-5-6-30(37)26-15-21(2)25(18-27(26)33)28-17-23-11-14-35-36(29(23)19-34-28)24-9-7-22(8-10-24)16-31(38)39-20-32(3)12-13-32/h5-6,14-15,17-19,22,24H,4,7-13,16,20H2,1-3H3/b6-5+. The Morgan fingerprint density at radius 1 is 1.18 bits per heavy atom. The number of fused-ring (bicyclic) bond motifs is 1. The lowest BCUT2D eigenvalue weighted by molar-refractivity contribution is -0.146. The number of hydrazone groups is 1. The molecule has 7 heteroatoms. The normalized spacial score (nSPS) is 21.6. The Morgan fingerprint density at radius 2 is 1.95 bits per heavy atom. The molecule has 206 valence electrons. The van der Waals surface area contributed by atoms with Crippen LogP contribution in [0.5, 0.6) is 0 Å². The number of allylic oxidation sites excluding steroid dienone is 2. The molecule has 2 fully saturated rings. The number of benzene rings is 1. The monoisotopic (exact) mass is 531 g/mol. The maximum Gasteiger partial charge on any atom is 0.306 e. The molecule has 0 saturated heterocycles. The number of carbonyl (C=O) groups excluding carboxylic acids is 2. The van der Waals surface area contributed by atoms with Gasteiger partial charge in [0.25, 0.3) is 0 Å². The molecule has 2 heterocycles. The van der Waals surface area contributed by atoms with E-state index in [0.29, 0.717) is 36.6 Å². The van der Waals surface area contributed by atoms with E-state index in [2.05, 4.69) is 11.9 Å². The van der Waals surface area contributed by atoms with Crippen LogP contribution in [0.1, 0.15) is 86.7 Å². The van der Waals surface area contributed by atoms with E-state index in [-0.39, 0.29) is 28.8 Å². The van der Waals surface area contributed by atoms with Crippen molar-refractivity contribution in [2.24, 2.45) is 16.4 Å². The highest BCUT2D eigenvalue weighted by molar-refractivity contribution is 6.05. The minimum Gasteiger partial charge on any atom is -0.465 e. The van der Waals surface area contributed by atoms with E-state index in [1.165, 1.54) is 12.1 Å². The molecular formula is C32H38FN3O3. The van der Waals surface area contributed by atoms with Gasteiger partial charge in [-0.25, -0.2) is 4.39 Å².